The molecular weight excluding hydrogens is 316 g/mol. The molecule has 1 atom stereocenters. The van der Waals surface area contributed by atoms with Crippen LogP contribution in [0.2, 0.25) is 5.15 Å². The molecule has 0 unspecified atom stereocenters. The maximum absolute atomic E-state index is 12.4. The van der Waals surface area contributed by atoms with Crippen LogP contribution in [0.5, 0.6) is 0 Å². The van der Waals surface area contributed by atoms with E-state index in [2.05, 4.69) is 21.8 Å². The van der Waals surface area contributed by atoms with E-state index in [1.165, 1.54) is 0 Å². The quantitative estimate of drug-likeness (QED) is 0.787. The Labute approximate surface area is 141 Å². The molecule has 0 radical (unpaired) electrons. The summed E-state index contributed by atoms with van der Waals surface area (Å²) in [4.78, 5) is 25.3. The van der Waals surface area contributed by atoms with Crippen LogP contribution in [0, 0.1) is 6.92 Å². The number of ether oxygens (including phenoxy) is 1. The number of aryl methyl sites for hydroxylation is 1. The summed E-state index contributed by atoms with van der Waals surface area (Å²) >= 11 is 6.26. The van der Waals surface area contributed by atoms with Crippen LogP contribution >= 0.6 is 11.6 Å². The molecule has 6 nitrogen and oxygen atoms in total. The van der Waals surface area contributed by atoms with E-state index >= 15 is 0 Å². The van der Waals surface area contributed by atoms with E-state index in [9.17, 15) is 4.79 Å². The summed E-state index contributed by atoms with van der Waals surface area (Å²) in [5.41, 5.74) is 0.983. The van der Waals surface area contributed by atoms with Crippen LogP contribution in [-0.2, 0) is 16.0 Å². The fourth-order valence-corrected chi connectivity index (χ4v) is 3.57. The maximum atomic E-state index is 12.4. The highest BCUT2D eigenvalue weighted by molar-refractivity contribution is 6.30. The predicted molar refractivity (Wildman–Crippen MR) is 88.9 cm³/mol. The lowest BCUT2D eigenvalue weighted by molar-refractivity contribution is -0.141. The smallest absolute Gasteiger partial charge is 0.251 e. The second-order valence-electron chi connectivity index (χ2n) is 6.03. The standard InChI is InChI=1S/C16H23ClN4O2/c1-3-12-14(17)18-11(2)19-15(12)20-6-8-21(9-7-20)16(22)13-5-4-10-23-13/h13H,3-10H2,1-2H3/t13-/m0/s1. The van der Waals surface area contributed by atoms with Gasteiger partial charge in [-0.2, -0.15) is 0 Å². The van der Waals surface area contributed by atoms with Crippen LogP contribution in [0.15, 0.2) is 0 Å². The lowest BCUT2D eigenvalue weighted by Gasteiger charge is -2.37. The monoisotopic (exact) mass is 338 g/mol. The van der Waals surface area contributed by atoms with Crippen molar-refractivity contribution in [1.29, 1.82) is 0 Å². The number of carbonyl (C=O) groups is 1. The fourth-order valence-electron chi connectivity index (χ4n) is 3.23. The van der Waals surface area contributed by atoms with Gasteiger partial charge in [0.25, 0.3) is 5.91 Å². The van der Waals surface area contributed by atoms with Gasteiger partial charge in [0.15, 0.2) is 0 Å². The van der Waals surface area contributed by atoms with Gasteiger partial charge >= 0.3 is 0 Å². The second-order valence-corrected chi connectivity index (χ2v) is 6.39. The largest absolute Gasteiger partial charge is 0.368 e. The zero-order chi connectivity index (χ0) is 16.4. The molecular formula is C16H23ClN4O2. The van der Waals surface area contributed by atoms with Crippen molar-refractivity contribution in [2.75, 3.05) is 37.7 Å². The van der Waals surface area contributed by atoms with E-state index in [0.29, 0.717) is 30.7 Å². The number of hydrogen-bond acceptors (Lipinski definition) is 5. The Morgan fingerprint density at radius 2 is 2.04 bits per heavy atom. The molecule has 2 aliphatic heterocycles. The summed E-state index contributed by atoms with van der Waals surface area (Å²) in [6.07, 6.45) is 2.39. The minimum absolute atomic E-state index is 0.134. The van der Waals surface area contributed by atoms with Crippen LogP contribution < -0.4 is 4.90 Å². The Hall–Kier alpha value is -1.40. The Morgan fingerprint density at radius 1 is 1.30 bits per heavy atom. The predicted octanol–water partition coefficient (Wildman–Crippen LogP) is 1.83. The first-order valence-electron chi connectivity index (χ1n) is 8.28. The minimum atomic E-state index is -0.233. The summed E-state index contributed by atoms with van der Waals surface area (Å²) < 4.78 is 5.50. The molecule has 2 fully saturated rings. The molecule has 1 amide bonds. The average molecular weight is 339 g/mol. The van der Waals surface area contributed by atoms with Crippen molar-refractivity contribution in [1.82, 2.24) is 14.9 Å². The topological polar surface area (TPSA) is 58.6 Å². The first kappa shape index (κ1) is 16.5. The van der Waals surface area contributed by atoms with E-state index in [0.717, 1.165) is 43.7 Å². The molecule has 0 aromatic carbocycles. The fraction of sp³-hybridized carbons (Fsp3) is 0.688. The molecule has 0 N–H and O–H groups in total. The number of hydrogen-bond donors (Lipinski definition) is 0. The molecule has 2 saturated heterocycles. The lowest BCUT2D eigenvalue weighted by atomic mass is 10.2. The number of piperazine rings is 1. The van der Waals surface area contributed by atoms with Crippen molar-refractivity contribution in [3.63, 3.8) is 0 Å². The van der Waals surface area contributed by atoms with Gasteiger partial charge in [0.2, 0.25) is 0 Å². The molecule has 0 aliphatic carbocycles. The third-order valence-electron chi connectivity index (χ3n) is 4.50. The van der Waals surface area contributed by atoms with Gasteiger partial charge in [-0.3, -0.25) is 4.79 Å². The maximum Gasteiger partial charge on any atom is 0.251 e. The number of carbonyl (C=O) groups excluding carboxylic acids is 1. The van der Waals surface area contributed by atoms with Crippen LogP contribution in [0.3, 0.4) is 0 Å². The van der Waals surface area contributed by atoms with Crippen LogP contribution in [0.4, 0.5) is 5.82 Å². The number of nitrogens with zero attached hydrogens (tertiary/aromatic N) is 4. The van der Waals surface area contributed by atoms with Gasteiger partial charge < -0.3 is 14.5 Å². The van der Waals surface area contributed by atoms with E-state index in [1.54, 1.807) is 0 Å². The number of anilines is 1. The Morgan fingerprint density at radius 3 is 2.65 bits per heavy atom. The van der Waals surface area contributed by atoms with Crippen molar-refractivity contribution in [2.24, 2.45) is 0 Å². The first-order valence-corrected chi connectivity index (χ1v) is 8.66. The number of rotatable bonds is 3. The molecule has 3 rings (SSSR count). The second kappa shape index (κ2) is 7.01. The van der Waals surface area contributed by atoms with Crippen molar-refractivity contribution in [3.05, 3.63) is 16.5 Å². The third kappa shape index (κ3) is 3.43. The highest BCUT2D eigenvalue weighted by atomic mass is 35.5. The molecule has 23 heavy (non-hydrogen) atoms. The van der Waals surface area contributed by atoms with Crippen molar-refractivity contribution in [3.8, 4) is 0 Å². The lowest BCUT2D eigenvalue weighted by Crippen LogP contribution is -2.51. The zero-order valence-corrected chi connectivity index (χ0v) is 14.5. The molecule has 126 valence electrons. The van der Waals surface area contributed by atoms with Crippen LogP contribution in [-0.4, -0.2) is 59.7 Å². The Kier molecular flexibility index (Phi) is 5.02. The van der Waals surface area contributed by atoms with Gasteiger partial charge in [0.1, 0.15) is 22.9 Å². The molecule has 0 bridgehead atoms. The van der Waals surface area contributed by atoms with Gasteiger partial charge in [-0.15, -0.1) is 0 Å². The van der Waals surface area contributed by atoms with E-state index < -0.39 is 0 Å². The minimum Gasteiger partial charge on any atom is -0.368 e. The highest BCUT2D eigenvalue weighted by Gasteiger charge is 2.31. The number of aromatic nitrogens is 2. The van der Waals surface area contributed by atoms with E-state index in [4.69, 9.17) is 16.3 Å². The molecule has 1 aromatic rings. The van der Waals surface area contributed by atoms with E-state index in [-0.39, 0.29) is 12.0 Å². The molecule has 7 heteroatoms. The Balaban J connectivity index is 1.68. The zero-order valence-electron chi connectivity index (χ0n) is 13.7. The molecule has 1 aromatic heterocycles. The molecule has 0 spiro atoms. The summed E-state index contributed by atoms with van der Waals surface area (Å²) in [6.45, 7) is 7.53. The third-order valence-corrected chi connectivity index (χ3v) is 4.81. The SMILES string of the molecule is CCc1c(Cl)nc(C)nc1N1CCN(C(=O)[C@@H]2CCCO2)CC1. The number of amides is 1. The van der Waals surface area contributed by atoms with Gasteiger partial charge in [-0.25, -0.2) is 9.97 Å². The number of halogens is 1. The molecule has 2 aliphatic rings. The summed E-state index contributed by atoms with van der Waals surface area (Å²) in [6, 6.07) is 0. The van der Waals surface area contributed by atoms with E-state index in [1.807, 2.05) is 11.8 Å². The normalized spacial score (nSPS) is 21.8. The highest BCUT2D eigenvalue weighted by Crippen LogP contribution is 2.26. The summed E-state index contributed by atoms with van der Waals surface area (Å²) in [7, 11) is 0. The van der Waals surface area contributed by atoms with Crippen molar-refractivity contribution in [2.45, 2.75) is 39.2 Å². The van der Waals surface area contributed by atoms with Crippen LogP contribution in [0.25, 0.3) is 0 Å². The molecule has 3 heterocycles. The average Bonchev–Trinajstić information content (AvgIpc) is 3.08. The van der Waals surface area contributed by atoms with Crippen molar-refractivity contribution >= 4 is 23.3 Å². The van der Waals surface area contributed by atoms with Gasteiger partial charge in [0.05, 0.1) is 0 Å². The Bertz CT molecular complexity index is 582. The summed E-state index contributed by atoms with van der Waals surface area (Å²) in [5, 5.41) is 0.535. The van der Waals surface area contributed by atoms with Gasteiger partial charge in [0, 0.05) is 38.3 Å². The van der Waals surface area contributed by atoms with Crippen molar-refractivity contribution < 1.29 is 9.53 Å². The first-order chi connectivity index (χ1) is 11.1. The van der Waals surface area contributed by atoms with Gasteiger partial charge in [-0.05, 0) is 26.2 Å². The summed E-state index contributed by atoms with van der Waals surface area (Å²) in [5.74, 6) is 1.73. The van der Waals surface area contributed by atoms with Crippen LogP contribution in [0.1, 0.15) is 31.2 Å². The van der Waals surface area contributed by atoms with Gasteiger partial charge in [-0.1, -0.05) is 18.5 Å². The molecule has 0 saturated carbocycles.